The Labute approximate surface area is 94.2 Å². The maximum Gasteiger partial charge on any atom is 0.216 e. The van der Waals surface area contributed by atoms with E-state index in [0.29, 0.717) is 19.0 Å². The van der Waals surface area contributed by atoms with Crippen LogP contribution >= 0.6 is 0 Å². The van der Waals surface area contributed by atoms with Crippen molar-refractivity contribution in [3.63, 3.8) is 0 Å². The highest BCUT2D eigenvalue weighted by Crippen LogP contribution is 2.20. The largest absolute Gasteiger partial charge is 0.458 e. The molecule has 1 unspecified atom stereocenters. The van der Waals surface area contributed by atoms with Gasteiger partial charge in [-0.2, -0.15) is 0 Å². The Morgan fingerprint density at radius 3 is 2.75 bits per heavy atom. The molecule has 2 rings (SSSR count). The van der Waals surface area contributed by atoms with Crippen molar-refractivity contribution < 1.29 is 23.4 Å². The van der Waals surface area contributed by atoms with Crippen LogP contribution in [0.1, 0.15) is 17.8 Å². The van der Waals surface area contributed by atoms with Crippen LogP contribution in [0.15, 0.2) is 16.5 Å². The highest BCUT2D eigenvalue weighted by molar-refractivity contribution is 5.07. The maximum atomic E-state index is 5.51. The van der Waals surface area contributed by atoms with Gasteiger partial charge in [-0.05, 0) is 12.1 Å². The van der Waals surface area contributed by atoms with Crippen LogP contribution in [0, 0.1) is 0 Å². The van der Waals surface area contributed by atoms with Crippen molar-refractivity contribution in [2.24, 2.45) is 0 Å². The van der Waals surface area contributed by atoms with E-state index < -0.39 is 6.29 Å². The molecule has 5 nitrogen and oxygen atoms in total. The summed E-state index contributed by atoms with van der Waals surface area (Å²) in [6.45, 7) is 1.87. The van der Waals surface area contributed by atoms with Gasteiger partial charge in [-0.1, -0.05) is 0 Å². The molecule has 1 aromatic rings. The van der Waals surface area contributed by atoms with Gasteiger partial charge in [-0.3, -0.25) is 0 Å². The zero-order chi connectivity index (χ0) is 11.4. The molecule has 1 aromatic heterocycles. The second kappa shape index (κ2) is 5.45. The fraction of sp³-hybridized carbons (Fsp3) is 0.636. The lowest BCUT2D eigenvalue weighted by atomic mass is 10.4. The predicted octanol–water partition coefficient (Wildman–Crippen LogP) is 1.49. The normalized spacial score (nSPS) is 19.3. The van der Waals surface area contributed by atoms with Crippen molar-refractivity contribution >= 4 is 0 Å². The smallest absolute Gasteiger partial charge is 0.216 e. The molecule has 0 spiro atoms. The van der Waals surface area contributed by atoms with E-state index >= 15 is 0 Å². The van der Waals surface area contributed by atoms with Crippen molar-refractivity contribution in [3.05, 3.63) is 23.7 Å². The van der Waals surface area contributed by atoms with Crippen molar-refractivity contribution in [2.45, 2.75) is 19.0 Å². The monoisotopic (exact) mass is 228 g/mol. The van der Waals surface area contributed by atoms with Crippen LogP contribution in [-0.4, -0.2) is 33.5 Å². The molecule has 5 heteroatoms. The molecule has 0 N–H and O–H groups in total. The van der Waals surface area contributed by atoms with E-state index in [4.69, 9.17) is 23.4 Å². The Balaban J connectivity index is 1.80. The third-order valence-electron chi connectivity index (χ3n) is 2.29. The maximum absolute atomic E-state index is 5.51. The molecule has 1 fully saturated rings. The minimum Gasteiger partial charge on any atom is -0.458 e. The molecule has 0 radical (unpaired) electrons. The predicted molar refractivity (Wildman–Crippen MR) is 54.9 cm³/mol. The van der Waals surface area contributed by atoms with Gasteiger partial charge in [-0.25, -0.2) is 0 Å². The first-order valence-electron chi connectivity index (χ1n) is 5.17. The van der Waals surface area contributed by atoms with Crippen LogP contribution in [0.3, 0.4) is 0 Å². The minimum atomic E-state index is -0.458. The number of epoxide rings is 1. The van der Waals surface area contributed by atoms with Crippen molar-refractivity contribution in [1.82, 2.24) is 0 Å². The lowest BCUT2D eigenvalue weighted by Gasteiger charge is -2.09. The number of furan rings is 1. The fourth-order valence-electron chi connectivity index (χ4n) is 1.38. The Hall–Kier alpha value is -0.880. The Morgan fingerprint density at radius 2 is 2.12 bits per heavy atom. The molecule has 0 amide bonds. The Kier molecular flexibility index (Phi) is 3.95. The van der Waals surface area contributed by atoms with Gasteiger partial charge in [0.25, 0.3) is 0 Å². The third-order valence-corrected chi connectivity index (χ3v) is 2.29. The fourth-order valence-corrected chi connectivity index (χ4v) is 1.38. The van der Waals surface area contributed by atoms with Gasteiger partial charge < -0.3 is 23.4 Å². The van der Waals surface area contributed by atoms with E-state index in [2.05, 4.69) is 0 Å². The summed E-state index contributed by atoms with van der Waals surface area (Å²) in [6.07, 6.45) is -0.180. The van der Waals surface area contributed by atoms with Crippen molar-refractivity contribution in [2.75, 3.05) is 27.4 Å². The van der Waals surface area contributed by atoms with E-state index in [0.717, 1.165) is 12.4 Å². The van der Waals surface area contributed by atoms with Crippen LogP contribution in [0.5, 0.6) is 0 Å². The molecule has 1 aliphatic rings. The SMILES string of the molecule is COC(OC)c1ccc(COCC2CO2)o1. The molecule has 0 saturated carbocycles. The zero-order valence-corrected chi connectivity index (χ0v) is 9.47. The second-order valence-electron chi connectivity index (χ2n) is 3.58. The first-order valence-corrected chi connectivity index (χ1v) is 5.17. The van der Waals surface area contributed by atoms with E-state index in [9.17, 15) is 0 Å². The van der Waals surface area contributed by atoms with Gasteiger partial charge in [0.15, 0.2) is 5.76 Å². The lowest BCUT2D eigenvalue weighted by Crippen LogP contribution is -2.02. The summed E-state index contributed by atoms with van der Waals surface area (Å²) in [6, 6.07) is 3.68. The molecular formula is C11H16O5. The van der Waals surface area contributed by atoms with Gasteiger partial charge in [0.2, 0.25) is 6.29 Å². The molecule has 0 aliphatic carbocycles. The minimum absolute atomic E-state index is 0.278. The standard InChI is InChI=1S/C11H16O5/c1-12-11(13-2)10-4-3-8(16-10)5-14-6-9-7-15-9/h3-4,9,11H,5-7H2,1-2H3. The highest BCUT2D eigenvalue weighted by Gasteiger charge is 2.22. The summed E-state index contributed by atoms with van der Waals surface area (Å²) in [5.74, 6) is 1.40. The van der Waals surface area contributed by atoms with E-state index in [1.54, 1.807) is 14.2 Å². The van der Waals surface area contributed by atoms with E-state index in [1.165, 1.54) is 0 Å². The van der Waals surface area contributed by atoms with Crippen molar-refractivity contribution in [1.29, 1.82) is 0 Å². The first kappa shape index (κ1) is 11.6. The van der Waals surface area contributed by atoms with Crippen LogP contribution < -0.4 is 0 Å². The summed E-state index contributed by atoms with van der Waals surface area (Å²) < 4.78 is 26.1. The van der Waals surface area contributed by atoms with Crippen LogP contribution in [-0.2, 0) is 25.6 Å². The molecule has 1 saturated heterocycles. The zero-order valence-electron chi connectivity index (χ0n) is 9.47. The van der Waals surface area contributed by atoms with Gasteiger partial charge in [-0.15, -0.1) is 0 Å². The topological polar surface area (TPSA) is 53.4 Å². The van der Waals surface area contributed by atoms with Crippen LogP contribution in [0.4, 0.5) is 0 Å². The molecule has 0 bridgehead atoms. The average molecular weight is 228 g/mol. The molecule has 1 aliphatic heterocycles. The van der Waals surface area contributed by atoms with Gasteiger partial charge in [0.05, 0.1) is 13.2 Å². The summed E-state index contributed by atoms with van der Waals surface area (Å²) in [5.41, 5.74) is 0. The molecular weight excluding hydrogens is 212 g/mol. The number of methoxy groups -OCH3 is 2. The quantitative estimate of drug-likeness (QED) is 0.522. The number of rotatable bonds is 7. The van der Waals surface area contributed by atoms with E-state index in [-0.39, 0.29) is 6.10 Å². The second-order valence-corrected chi connectivity index (χ2v) is 3.58. The Bertz CT molecular complexity index is 314. The number of hydrogen-bond donors (Lipinski definition) is 0. The van der Waals surface area contributed by atoms with Gasteiger partial charge in [0, 0.05) is 14.2 Å². The molecule has 0 aromatic carbocycles. The average Bonchev–Trinajstić information content (AvgIpc) is 3.00. The number of hydrogen-bond acceptors (Lipinski definition) is 5. The summed E-state index contributed by atoms with van der Waals surface area (Å²) in [4.78, 5) is 0. The van der Waals surface area contributed by atoms with Crippen LogP contribution in [0.2, 0.25) is 0 Å². The first-order chi connectivity index (χ1) is 7.83. The molecule has 1 atom stereocenters. The molecule has 90 valence electrons. The summed E-state index contributed by atoms with van der Waals surface area (Å²) in [5, 5.41) is 0. The number of ether oxygens (including phenoxy) is 4. The Morgan fingerprint density at radius 1 is 1.38 bits per heavy atom. The summed E-state index contributed by atoms with van der Waals surface area (Å²) >= 11 is 0. The highest BCUT2D eigenvalue weighted by atomic mass is 16.7. The molecule has 2 heterocycles. The summed E-state index contributed by atoms with van der Waals surface area (Å²) in [7, 11) is 3.13. The lowest BCUT2D eigenvalue weighted by molar-refractivity contribution is -0.118. The van der Waals surface area contributed by atoms with Gasteiger partial charge in [0.1, 0.15) is 18.5 Å². The molecule has 16 heavy (non-hydrogen) atoms. The third kappa shape index (κ3) is 3.05. The van der Waals surface area contributed by atoms with Crippen molar-refractivity contribution in [3.8, 4) is 0 Å². The van der Waals surface area contributed by atoms with E-state index in [1.807, 2.05) is 12.1 Å². The van der Waals surface area contributed by atoms with Gasteiger partial charge >= 0.3 is 0 Å². The van der Waals surface area contributed by atoms with Crippen LogP contribution in [0.25, 0.3) is 0 Å².